The number of hydrogen-bond acceptors (Lipinski definition) is 2. The molecule has 0 saturated carbocycles. The molecule has 4 nitrogen and oxygen atoms in total. The van der Waals surface area contributed by atoms with E-state index in [0.717, 1.165) is 27.6 Å². The Bertz CT molecular complexity index is 617. The monoisotopic (exact) mass is 186 g/mol. The first-order valence-corrected chi connectivity index (χ1v) is 4.52. The summed E-state index contributed by atoms with van der Waals surface area (Å²) in [5.74, 6) is 0. The molecule has 0 bridgehead atoms. The van der Waals surface area contributed by atoms with Crippen molar-refractivity contribution >= 4 is 21.9 Å². The molecular weight excluding hydrogens is 176 g/mol. The fourth-order valence-corrected chi connectivity index (χ4v) is 1.87. The minimum absolute atomic E-state index is 0.929. The summed E-state index contributed by atoms with van der Waals surface area (Å²) in [6.45, 7) is 2.03. The molecule has 3 heterocycles. The normalized spacial score (nSPS) is 11.6. The van der Waals surface area contributed by atoms with Gasteiger partial charge in [0.15, 0.2) is 0 Å². The fourth-order valence-electron chi connectivity index (χ4n) is 1.87. The summed E-state index contributed by atoms with van der Waals surface area (Å²) in [7, 11) is 1.95. The van der Waals surface area contributed by atoms with Crippen LogP contribution in [-0.2, 0) is 7.05 Å². The molecular formula is C10H10N4. The van der Waals surface area contributed by atoms with Crippen LogP contribution in [0, 0.1) is 6.92 Å². The van der Waals surface area contributed by atoms with Crippen LogP contribution in [0.25, 0.3) is 21.9 Å². The Kier molecular flexibility index (Phi) is 1.27. The van der Waals surface area contributed by atoms with E-state index in [1.165, 1.54) is 0 Å². The van der Waals surface area contributed by atoms with Crippen molar-refractivity contribution in [3.05, 3.63) is 24.2 Å². The van der Waals surface area contributed by atoms with Crippen LogP contribution in [0.3, 0.4) is 0 Å². The first-order valence-electron chi connectivity index (χ1n) is 4.52. The van der Waals surface area contributed by atoms with E-state index in [-0.39, 0.29) is 0 Å². The summed E-state index contributed by atoms with van der Waals surface area (Å²) in [5, 5.41) is 6.44. The second-order valence-corrected chi connectivity index (χ2v) is 3.54. The van der Waals surface area contributed by atoms with Gasteiger partial charge in [-0.1, -0.05) is 0 Å². The van der Waals surface area contributed by atoms with Crippen molar-refractivity contribution < 1.29 is 0 Å². The van der Waals surface area contributed by atoms with E-state index < -0.39 is 0 Å². The lowest BCUT2D eigenvalue weighted by molar-refractivity contribution is 0.799. The largest absolute Gasteiger partial charge is 0.343 e. The molecule has 3 rings (SSSR count). The highest BCUT2D eigenvalue weighted by Crippen LogP contribution is 2.22. The minimum atomic E-state index is 0.929. The number of nitrogens with zero attached hydrogens (tertiary/aromatic N) is 3. The zero-order valence-electron chi connectivity index (χ0n) is 8.07. The summed E-state index contributed by atoms with van der Waals surface area (Å²) in [6, 6.07) is 2.10. The number of pyridine rings is 1. The predicted molar refractivity (Wildman–Crippen MR) is 55.1 cm³/mol. The number of rotatable bonds is 0. The van der Waals surface area contributed by atoms with E-state index in [9.17, 15) is 0 Å². The Morgan fingerprint density at radius 1 is 1.36 bits per heavy atom. The lowest BCUT2D eigenvalue weighted by atomic mass is 10.2. The maximum absolute atomic E-state index is 4.33. The zero-order valence-corrected chi connectivity index (χ0v) is 8.07. The Morgan fingerprint density at radius 3 is 3.07 bits per heavy atom. The molecule has 0 fully saturated rings. The standard InChI is InChI=1S/C10H10N4/c1-6-3-8-9-7(5-12-14(9)2)4-11-10(8)13-6/h3-5H,1-2H3,(H,11,13). The average molecular weight is 186 g/mol. The molecule has 0 radical (unpaired) electrons. The number of nitrogens with one attached hydrogen (secondary N) is 1. The van der Waals surface area contributed by atoms with Gasteiger partial charge in [0.1, 0.15) is 5.65 Å². The van der Waals surface area contributed by atoms with Gasteiger partial charge >= 0.3 is 0 Å². The van der Waals surface area contributed by atoms with E-state index in [0.29, 0.717) is 0 Å². The zero-order chi connectivity index (χ0) is 9.71. The van der Waals surface area contributed by atoms with Crippen molar-refractivity contribution in [1.29, 1.82) is 0 Å². The third kappa shape index (κ3) is 0.824. The van der Waals surface area contributed by atoms with Crippen LogP contribution in [-0.4, -0.2) is 19.7 Å². The van der Waals surface area contributed by atoms with Gasteiger partial charge in [-0.05, 0) is 13.0 Å². The second-order valence-electron chi connectivity index (χ2n) is 3.54. The number of hydrogen-bond donors (Lipinski definition) is 1. The molecule has 0 spiro atoms. The predicted octanol–water partition coefficient (Wildman–Crippen LogP) is 1.76. The van der Waals surface area contributed by atoms with Crippen molar-refractivity contribution in [3.8, 4) is 0 Å². The first-order chi connectivity index (χ1) is 6.75. The van der Waals surface area contributed by atoms with Crippen LogP contribution < -0.4 is 0 Å². The summed E-state index contributed by atoms with van der Waals surface area (Å²) < 4.78 is 1.88. The van der Waals surface area contributed by atoms with Gasteiger partial charge in [-0.2, -0.15) is 5.10 Å². The molecule has 0 aliphatic rings. The summed E-state index contributed by atoms with van der Waals surface area (Å²) >= 11 is 0. The summed E-state index contributed by atoms with van der Waals surface area (Å²) in [6.07, 6.45) is 3.69. The Labute approximate surface area is 80.6 Å². The number of aromatic amines is 1. The molecule has 4 heteroatoms. The van der Waals surface area contributed by atoms with E-state index in [2.05, 4.69) is 21.1 Å². The molecule has 0 unspecified atom stereocenters. The van der Waals surface area contributed by atoms with Crippen LogP contribution in [0.5, 0.6) is 0 Å². The molecule has 0 atom stereocenters. The van der Waals surface area contributed by atoms with Gasteiger partial charge in [-0.15, -0.1) is 0 Å². The number of fused-ring (bicyclic) bond motifs is 3. The average Bonchev–Trinajstić information content (AvgIpc) is 2.68. The van der Waals surface area contributed by atoms with E-state index in [4.69, 9.17) is 0 Å². The lowest BCUT2D eigenvalue weighted by Crippen LogP contribution is -1.89. The van der Waals surface area contributed by atoms with Crippen molar-refractivity contribution in [2.24, 2.45) is 7.05 Å². The van der Waals surface area contributed by atoms with Crippen LogP contribution in [0.4, 0.5) is 0 Å². The van der Waals surface area contributed by atoms with Gasteiger partial charge in [0.25, 0.3) is 0 Å². The van der Waals surface area contributed by atoms with E-state index in [1.54, 1.807) is 0 Å². The smallest absolute Gasteiger partial charge is 0.139 e. The highest BCUT2D eigenvalue weighted by Gasteiger charge is 2.07. The lowest BCUT2D eigenvalue weighted by Gasteiger charge is -1.94. The number of aromatic nitrogens is 4. The van der Waals surface area contributed by atoms with Gasteiger partial charge < -0.3 is 4.98 Å². The molecule has 0 saturated heterocycles. The van der Waals surface area contributed by atoms with Crippen LogP contribution >= 0.6 is 0 Å². The topological polar surface area (TPSA) is 46.5 Å². The van der Waals surface area contributed by atoms with Crippen molar-refractivity contribution in [3.63, 3.8) is 0 Å². The molecule has 0 aliphatic heterocycles. The molecule has 3 aromatic rings. The van der Waals surface area contributed by atoms with Gasteiger partial charge in [0, 0.05) is 29.7 Å². The van der Waals surface area contributed by atoms with Crippen LogP contribution in [0.1, 0.15) is 5.69 Å². The van der Waals surface area contributed by atoms with E-state index in [1.807, 2.05) is 31.0 Å². The quantitative estimate of drug-likeness (QED) is 0.581. The molecule has 1 N–H and O–H groups in total. The molecule has 3 aromatic heterocycles. The SMILES string of the molecule is Cc1cc2c(ncc3cnn(C)c32)[nH]1. The maximum atomic E-state index is 4.33. The maximum Gasteiger partial charge on any atom is 0.139 e. The highest BCUT2D eigenvalue weighted by atomic mass is 15.2. The Morgan fingerprint density at radius 2 is 2.21 bits per heavy atom. The van der Waals surface area contributed by atoms with Crippen LogP contribution in [0.15, 0.2) is 18.5 Å². The highest BCUT2D eigenvalue weighted by molar-refractivity contribution is 6.02. The number of aryl methyl sites for hydroxylation is 2. The van der Waals surface area contributed by atoms with Crippen LogP contribution in [0.2, 0.25) is 0 Å². The fraction of sp³-hybridized carbons (Fsp3) is 0.200. The van der Waals surface area contributed by atoms with Crippen molar-refractivity contribution in [2.75, 3.05) is 0 Å². The molecule has 0 aromatic carbocycles. The third-order valence-corrected chi connectivity index (χ3v) is 2.49. The minimum Gasteiger partial charge on any atom is -0.343 e. The second kappa shape index (κ2) is 2.35. The van der Waals surface area contributed by atoms with Gasteiger partial charge in [0.2, 0.25) is 0 Å². The first kappa shape index (κ1) is 7.55. The van der Waals surface area contributed by atoms with Crippen molar-refractivity contribution in [1.82, 2.24) is 19.7 Å². The molecule has 70 valence electrons. The molecule has 14 heavy (non-hydrogen) atoms. The Balaban J connectivity index is 2.64. The Hall–Kier alpha value is -1.84. The van der Waals surface area contributed by atoms with Gasteiger partial charge in [-0.3, -0.25) is 4.68 Å². The third-order valence-electron chi connectivity index (χ3n) is 2.49. The van der Waals surface area contributed by atoms with E-state index >= 15 is 0 Å². The molecule has 0 aliphatic carbocycles. The van der Waals surface area contributed by atoms with Gasteiger partial charge in [0.05, 0.1) is 11.7 Å². The molecule has 0 amide bonds. The summed E-state index contributed by atoms with van der Waals surface area (Å²) in [4.78, 5) is 7.55. The number of H-pyrrole nitrogens is 1. The summed E-state index contributed by atoms with van der Waals surface area (Å²) in [5.41, 5.74) is 3.19. The van der Waals surface area contributed by atoms with Gasteiger partial charge in [-0.25, -0.2) is 4.98 Å². The van der Waals surface area contributed by atoms with Crippen molar-refractivity contribution in [2.45, 2.75) is 6.92 Å².